The molecule has 1 amide bonds. The van der Waals surface area contributed by atoms with E-state index in [1.54, 1.807) is 0 Å². The lowest BCUT2D eigenvalue weighted by atomic mass is 10.5. The van der Waals surface area contributed by atoms with Crippen molar-refractivity contribution in [1.82, 2.24) is 10.3 Å². The molecule has 1 rings (SSSR count). The normalized spacial score (nSPS) is 10.8. The van der Waals surface area contributed by atoms with E-state index in [9.17, 15) is 18.0 Å². The van der Waals surface area contributed by atoms with Crippen LogP contribution < -0.4 is 10.1 Å². The van der Waals surface area contributed by atoms with E-state index in [2.05, 4.69) is 9.72 Å². The molecule has 1 N–H and O–H groups in total. The maximum atomic E-state index is 11.6. The number of amides is 1. The topological polar surface area (TPSA) is 51.2 Å². The number of hydrogen-bond donors (Lipinski definition) is 1. The van der Waals surface area contributed by atoms with Gasteiger partial charge in [-0.25, -0.2) is 10.1 Å². The lowest BCUT2D eigenvalue weighted by Gasteiger charge is -2.08. The second-order valence-corrected chi connectivity index (χ2v) is 2.20. The number of carbonyl (C=O) groups is 1. The fourth-order valence-electron chi connectivity index (χ4n) is 0.656. The minimum atomic E-state index is -4.79. The Morgan fingerprint density at radius 2 is 2.21 bits per heavy atom. The molecule has 1 aromatic rings. The van der Waals surface area contributed by atoms with Gasteiger partial charge in [-0.3, -0.25) is 4.98 Å². The van der Waals surface area contributed by atoms with Crippen molar-refractivity contribution in [2.75, 3.05) is 0 Å². The van der Waals surface area contributed by atoms with Crippen LogP contribution in [0.1, 0.15) is 0 Å². The molecule has 0 saturated carbocycles. The van der Waals surface area contributed by atoms with Crippen molar-refractivity contribution in [2.45, 2.75) is 6.30 Å². The predicted molar refractivity (Wildman–Crippen MR) is 39.5 cm³/mol. The smallest absolute Gasteiger partial charge is 0.409 e. The lowest BCUT2D eigenvalue weighted by Crippen LogP contribution is -2.39. The Bertz CT molecular complexity index is 312. The minimum absolute atomic E-state index is 0.0609. The average Bonchev–Trinajstić information content (AvgIpc) is 2.02. The average molecular weight is 206 g/mol. The summed E-state index contributed by atoms with van der Waals surface area (Å²) in [6.07, 6.45) is -3.87. The van der Waals surface area contributed by atoms with Gasteiger partial charge in [0.25, 0.3) is 0 Å². The molecular formula is C7H5F3N2O2. The quantitative estimate of drug-likeness (QED) is 0.711. The van der Waals surface area contributed by atoms with Crippen molar-refractivity contribution in [2.24, 2.45) is 0 Å². The zero-order valence-corrected chi connectivity index (χ0v) is 6.71. The first-order chi connectivity index (χ1) is 6.47. The number of carbonyl (C=O) groups excluding carboxylic acids is 1. The van der Waals surface area contributed by atoms with Crippen LogP contribution in [0.25, 0.3) is 0 Å². The first kappa shape index (κ1) is 10.3. The summed E-state index contributed by atoms with van der Waals surface area (Å²) in [4.78, 5) is 14.1. The summed E-state index contributed by atoms with van der Waals surface area (Å²) in [6, 6.07) is 2.74. The van der Waals surface area contributed by atoms with Gasteiger partial charge in [0.2, 0.25) is 0 Å². The number of pyridine rings is 1. The van der Waals surface area contributed by atoms with Gasteiger partial charge in [0.1, 0.15) is 0 Å². The van der Waals surface area contributed by atoms with Crippen molar-refractivity contribution in [3.63, 3.8) is 0 Å². The summed E-state index contributed by atoms with van der Waals surface area (Å²) >= 11 is 0. The van der Waals surface area contributed by atoms with E-state index in [-0.39, 0.29) is 5.75 Å². The summed E-state index contributed by atoms with van der Waals surface area (Å²) in [6.45, 7) is 0. The molecule has 1 aromatic heterocycles. The van der Waals surface area contributed by atoms with Gasteiger partial charge in [0, 0.05) is 6.20 Å². The van der Waals surface area contributed by atoms with E-state index in [4.69, 9.17) is 0 Å². The predicted octanol–water partition coefficient (Wildman–Crippen LogP) is 1.69. The Kier molecular flexibility index (Phi) is 2.90. The molecule has 0 aliphatic rings. The van der Waals surface area contributed by atoms with E-state index in [0.29, 0.717) is 5.32 Å². The van der Waals surface area contributed by atoms with Gasteiger partial charge < -0.3 is 4.74 Å². The highest BCUT2D eigenvalue weighted by molar-refractivity contribution is 5.70. The first-order valence-corrected chi connectivity index (χ1v) is 3.44. The summed E-state index contributed by atoms with van der Waals surface area (Å²) < 4.78 is 39.0. The van der Waals surface area contributed by atoms with E-state index < -0.39 is 12.4 Å². The number of ether oxygens (including phenoxy) is 1. The third-order valence-corrected chi connectivity index (χ3v) is 1.09. The lowest BCUT2D eigenvalue weighted by molar-refractivity contribution is -0.148. The van der Waals surface area contributed by atoms with Gasteiger partial charge in [-0.1, -0.05) is 0 Å². The van der Waals surface area contributed by atoms with E-state index in [1.807, 2.05) is 0 Å². The molecule has 1 heterocycles. The third-order valence-electron chi connectivity index (χ3n) is 1.09. The third kappa shape index (κ3) is 3.74. The van der Waals surface area contributed by atoms with E-state index in [0.717, 1.165) is 6.20 Å². The SMILES string of the molecule is O=C(NC(F)(F)F)Oc1cccnc1. The number of nitrogens with zero attached hydrogens (tertiary/aromatic N) is 1. The Morgan fingerprint density at radius 1 is 1.50 bits per heavy atom. The summed E-state index contributed by atoms with van der Waals surface area (Å²) in [5.74, 6) is -0.0609. The highest BCUT2D eigenvalue weighted by Crippen LogP contribution is 2.11. The summed E-state index contributed by atoms with van der Waals surface area (Å²) in [7, 11) is 0. The molecule has 0 atom stereocenters. The molecule has 0 spiro atoms. The van der Waals surface area contributed by atoms with Crippen LogP contribution in [0.3, 0.4) is 0 Å². The largest absolute Gasteiger partial charge is 0.487 e. The molecule has 4 nitrogen and oxygen atoms in total. The van der Waals surface area contributed by atoms with Crippen LogP contribution in [0.4, 0.5) is 18.0 Å². The molecular weight excluding hydrogens is 201 g/mol. The Hall–Kier alpha value is -1.79. The number of nitrogens with one attached hydrogen (secondary N) is 1. The Morgan fingerprint density at radius 3 is 2.71 bits per heavy atom. The molecule has 76 valence electrons. The molecule has 0 aliphatic heterocycles. The Labute approximate surface area is 76.7 Å². The van der Waals surface area contributed by atoms with Gasteiger partial charge in [-0.05, 0) is 12.1 Å². The Balaban J connectivity index is 2.50. The molecule has 14 heavy (non-hydrogen) atoms. The van der Waals surface area contributed by atoms with Crippen LogP contribution in [0.15, 0.2) is 24.5 Å². The van der Waals surface area contributed by atoms with Crippen molar-refractivity contribution < 1.29 is 22.7 Å². The van der Waals surface area contributed by atoms with Crippen LogP contribution in [-0.2, 0) is 0 Å². The van der Waals surface area contributed by atoms with Crippen molar-refractivity contribution >= 4 is 6.09 Å². The highest BCUT2D eigenvalue weighted by atomic mass is 19.4. The van der Waals surface area contributed by atoms with E-state index >= 15 is 0 Å². The van der Waals surface area contributed by atoms with Crippen LogP contribution in [-0.4, -0.2) is 17.4 Å². The van der Waals surface area contributed by atoms with E-state index in [1.165, 1.54) is 18.3 Å². The number of halogens is 3. The molecule has 0 radical (unpaired) electrons. The zero-order chi connectivity index (χ0) is 10.6. The summed E-state index contributed by atoms with van der Waals surface area (Å²) in [5, 5.41) is 0.679. The molecule has 0 aromatic carbocycles. The second kappa shape index (κ2) is 3.95. The number of hydrogen-bond acceptors (Lipinski definition) is 3. The maximum Gasteiger partial charge on any atom is 0.487 e. The van der Waals surface area contributed by atoms with Crippen molar-refractivity contribution in [1.29, 1.82) is 0 Å². The standard InChI is InChI=1S/C7H5F3N2O2/c8-7(9,10)12-6(13)14-5-2-1-3-11-4-5/h1-4H,(H,12,13). The molecule has 0 unspecified atom stereocenters. The first-order valence-electron chi connectivity index (χ1n) is 3.44. The molecule has 0 bridgehead atoms. The number of aromatic nitrogens is 1. The van der Waals surface area contributed by atoms with Crippen LogP contribution in [0.5, 0.6) is 5.75 Å². The van der Waals surface area contributed by atoms with Gasteiger partial charge >= 0.3 is 12.4 Å². The summed E-state index contributed by atoms with van der Waals surface area (Å²) in [5.41, 5.74) is 0. The number of rotatable bonds is 1. The highest BCUT2D eigenvalue weighted by Gasteiger charge is 2.31. The molecule has 0 saturated heterocycles. The van der Waals surface area contributed by atoms with Crippen molar-refractivity contribution in [3.05, 3.63) is 24.5 Å². The van der Waals surface area contributed by atoms with Gasteiger partial charge in [0.05, 0.1) is 6.20 Å². The zero-order valence-electron chi connectivity index (χ0n) is 6.71. The molecule has 7 heteroatoms. The fraction of sp³-hybridized carbons (Fsp3) is 0.143. The maximum absolute atomic E-state index is 11.6. The second-order valence-electron chi connectivity index (χ2n) is 2.20. The number of alkyl halides is 3. The van der Waals surface area contributed by atoms with Crippen LogP contribution >= 0.6 is 0 Å². The van der Waals surface area contributed by atoms with Crippen LogP contribution in [0, 0.1) is 0 Å². The molecule has 0 aliphatic carbocycles. The van der Waals surface area contributed by atoms with Crippen molar-refractivity contribution in [3.8, 4) is 5.75 Å². The van der Waals surface area contributed by atoms with Gasteiger partial charge in [0.15, 0.2) is 5.75 Å². The van der Waals surface area contributed by atoms with Crippen LogP contribution in [0.2, 0.25) is 0 Å². The fourth-order valence-corrected chi connectivity index (χ4v) is 0.656. The minimum Gasteiger partial charge on any atom is -0.409 e. The van der Waals surface area contributed by atoms with Gasteiger partial charge in [-0.2, -0.15) is 13.2 Å². The molecule has 0 fully saturated rings. The van der Waals surface area contributed by atoms with Gasteiger partial charge in [-0.15, -0.1) is 0 Å². The monoisotopic (exact) mass is 206 g/mol.